The van der Waals surface area contributed by atoms with Crippen LogP contribution in [0, 0.1) is 18.8 Å². The maximum atomic E-state index is 13.2. The summed E-state index contributed by atoms with van der Waals surface area (Å²) in [6.07, 6.45) is 0.576. The number of hydrogen-bond acceptors (Lipinski definition) is 7. The number of hydrogen-bond donors (Lipinski definition) is 1. The molecule has 1 aliphatic heterocycles. The standard InChI is InChI=1S/C26H23Cl2N5O3S2/c1-18-24(26(34)31-32-12-14-38(35,36)15-13-32)30-25(22-10-7-20(27)16-23(22)28)33(18)21-8-5-19(6-9-21)4-2-3-11-29-17-37/h5-10,16H,3,11-15H2,1H3,(H,31,34). The average Bonchev–Trinajstić information content (AvgIpc) is 3.22. The van der Waals surface area contributed by atoms with Crippen molar-refractivity contribution >= 4 is 56.3 Å². The van der Waals surface area contributed by atoms with E-state index in [1.54, 1.807) is 30.1 Å². The number of rotatable bonds is 6. The van der Waals surface area contributed by atoms with Crippen molar-refractivity contribution in [3.63, 3.8) is 0 Å². The van der Waals surface area contributed by atoms with Gasteiger partial charge in [-0.1, -0.05) is 35.0 Å². The van der Waals surface area contributed by atoms with E-state index in [2.05, 4.69) is 44.6 Å². The maximum Gasteiger partial charge on any atom is 0.286 e. The number of carbonyl (C=O) groups is 1. The van der Waals surface area contributed by atoms with Crippen LogP contribution in [0.2, 0.25) is 10.0 Å². The summed E-state index contributed by atoms with van der Waals surface area (Å²) in [5, 5.41) is 4.78. The minimum absolute atomic E-state index is 0.0127. The second-order valence-electron chi connectivity index (χ2n) is 8.48. The second kappa shape index (κ2) is 12.2. The summed E-state index contributed by atoms with van der Waals surface area (Å²) >= 11 is 17.2. The van der Waals surface area contributed by atoms with E-state index in [1.807, 2.05) is 28.8 Å². The molecule has 0 bridgehead atoms. The highest BCUT2D eigenvalue weighted by molar-refractivity contribution is 7.91. The van der Waals surface area contributed by atoms with E-state index >= 15 is 0 Å². The zero-order valence-corrected chi connectivity index (χ0v) is 23.5. The number of thiocarbonyl (C=S) groups is 1. The Morgan fingerprint density at radius 3 is 2.53 bits per heavy atom. The fourth-order valence-corrected chi connectivity index (χ4v) is 5.71. The lowest BCUT2D eigenvalue weighted by Crippen LogP contribution is -2.50. The van der Waals surface area contributed by atoms with Crippen molar-refractivity contribution in [1.82, 2.24) is 20.0 Å². The first-order valence-electron chi connectivity index (χ1n) is 11.6. The minimum Gasteiger partial charge on any atom is -0.296 e. The zero-order valence-electron chi connectivity index (χ0n) is 20.4. The van der Waals surface area contributed by atoms with Gasteiger partial charge in [0.15, 0.2) is 15.5 Å². The van der Waals surface area contributed by atoms with Gasteiger partial charge in [0, 0.05) is 41.3 Å². The number of halogens is 2. The normalized spacial score (nSPS) is 14.7. The molecule has 2 aromatic carbocycles. The van der Waals surface area contributed by atoms with E-state index in [0.717, 1.165) is 11.3 Å². The predicted octanol–water partition coefficient (Wildman–Crippen LogP) is 4.37. The molecule has 0 spiro atoms. The number of amides is 1. The molecule has 0 atom stereocenters. The molecule has 1 fully saturated rings. The first kappa shape index (κ1) is 28.0. The lowest BCUT2D eigenvalue weighted by molar-refractivity contribution is 0.0796. The topological polar surface area (TPSA) is 96.7 Å². The molecule has 1 saturated heterocycles. The Hall–Kier alpha value is -3.03. The van der Waals surface area contributed by atoms with Gasteiger partial charge in [-0.25, -0.2) is 23.4 Å². The van der Waals surface area contributed by atoms with Crippen LogP contribution in [-0.4, -0.2) is 65.2 Å². The maximum absolute atomic E-state index is 13.2. The quantitative estimate of drug-likeness (QED) is 0.199. The number of benzene rings is 2. The summed E-state index contributed by atoms with van der Waals surface area (Å²) in [5.74, 6) is 6.14. The van der Waals surface area contributed by atoms with Gasteiger partial charge in [0.1, 0.15) is 5.82 Å². The minimum atomic E-state index is -3.08. The van der Waals surface area contributed by atoms with Crippen LogP contribution in [0.5, 0.6) is 0 Å². The average molecular weight is 589 g/mol. The molecule has 0 unspecified atom stereocenters. The Balaban J connectivity index is 1.69. The number of aliphatic imine (C=N–C) groups is 1. The van der Waals surface area contributed by atoms with Gasteiger partial charge in [-0.15, -0.1) is 0 Å². The van der Waals surface area contributed by atoms with Gasteiger partial charge in [0.2, 0.25) is 0 Å². The molecule has 1 N–H and O–H groups in total. The van der Waals surface area contributed by atoms with Crippen molar-refractivity contribution in [2.45, 2.75) is 13.3 Å². The number of imidazole rings is 1. The highest BCUT2D eigenvalue weighted by Crippen LogP contribution is 2.33. The lowest BCUT2D eigenvalue weighted by atomic mass is 10.1. The van der Waals surface area contributed by atoms with Gasteiger partial charge in [0.25, 0.3) is 5.91 Å². The van der Waals surface area contributed by atoms with Gasteiger partial charge >= 0.3 is 0 Å². The van der Waals surface area contributed by atoms with E-state index in [-0.39, 0.29) is 30.3 Å². The Morgan fingerprint density at radius 1 is 1.16 bits per heavy atom. The molecule has 38 heavy (non-hydrogen) atoms. The van der Waals surface area contributed by atoms with Crippen molar-refractivity contribution in [3.8, 4) is 28.9 Å². The summed E-state index contributed by atoms with van der Waals surface area (Å²) < 4.78 is 25.3. The number of hydrazine groups is 1. The number of carbonyl (C=O) groups excluding carboxylic acids is 1. The van der Waals surface area contributed by atoms with Crippen LogP contribution in [-0.2, 0) is 9.84 Å². The van der Waals surface area contributed by atoms with Crippen LogP contribution in [0.3, 0.4) is 0 Å². The van der Waals surface area contributed by atoms with E-state index in [4.69, 9.17) is 23.2 Å². The summed E-state index contributed by atoms with van der Waals surface area (Å²) in [6, 6.07) is 12.6. The third kappa shape index (κ3) is 6.69. The van der Waals surface area contributed by atoms with Gasteiger partial charge in [-0.3, -0.25) is 14.8 Å². The van der Waals surface area contributed by atoms with Crippen LogP contribution in [0.4, 0.5) is 0 Å². The number of sulfone groups is 1. The molecule has 4 rings (SSSR count). The van der Waals surface area contributed by atoms with Crippen molar-refractivity contribution in [1.29, 1.82) is 0 Å². The first-order chi connectivity index (χ1) is 18.2. The second-order valence-corrected chi connectivity index (χ2v) is 11.8. The highest BCUT2D eigenvalue weighted by Gasteiger charge is 2.27. The Morgan fingerprint density at radius 2 is 1.87 bits per heavy atom. The van der Waals surface area contributed by atoms with Crippen molar-refractivity contribution in [3.05, 3.63) is 69.5 Å². The van der Waals surface area contributed by atoms with Gasteiger partial charge in [-0.05, 0) is 61.6 Å². The lowest BCUT2D eigenvalue weighted by Gasteiger charge is -2.26. The summed E-state index contributed by atoms with van der Waals surface area (Å²) in [7, 11) is -3.08. The molecule has 8 nitrogen and oxygen atoms in total. The highest BCUT2D eigenvalue weighted by atomic mass is 35.5. The molecule has 0 radical (unpaired) electrons. The number of nitrogens with one attached hydrogen (secondary N) is 1. The third-order valence-corrected chi connectivity index (χ3v) is 8.16. The molecule has 1 amide bonds. The summed E-state index contributed by atoms with van der Waals surface area (Å²) in [5.41, 5.74) is 5.76. The van der Waals surface area contributed by atoms with Crippen molar-refractivity contribution in [2.75, 3.05) is 31.1 Å². The van der Waals surface area contributed by atoms with Crippen LogP contribution in [0.25, 0.3) is 17.1 Å². The molecular weight excluding hydrogens is 565 g/mol. The van der Waals surface area contributed by atoms with Crippen LogP contribution < -0.4 is 5.43 Å². The van der Waals surface area contributed by atoms with Gasteiger partial charge < -0.3 is 0 Å². The number of aromatic nitrogens is 2. The van der Waals surface area contributed by atoms with E-state index in [0.29, 0.717) is 40.1 Å². The van der Waals surface area contributed by atoms with E-state index in [1.165, 1.54) is 0 Å². The number of isothiocyanates is 1. The Labute approximate surface area is 236 Å². The van der Waals surface area contributed by atoms with Gasteiger partial charge in [-0.2, -0.15) is 0 Å². The molecule has 2 heterocycles. The SMILES string of the molecule is Cc1c(C(=O)NN2CCS(=O)(=O)CC2)nc(-c2ccc(Cl)cc2Cl)n1-c1ccc(C#CCCN=C=S)cc1. The molecule has 3 aromatic rings. The fourth-order valence-electron chi connectivity index (χ4n) is 3.92. The molecule has 1 aromatic heterocycles. The van der Waals surface area contributed by atoms with Gasteiger partial charge in [0.05, 0.1) is 33.9 Å². The van der Waals surface area contributed by atoms with Crippen molar-refractivity contribution in [2.24, 2.45) is 4.99 Å². The van der Waals surface area contributed by atoms with Crippen LogP contribution >= 0.6 is 35.4 Å². The summed E-state index contributed by atoms with van der Waals surface area (Å²) in [4.78, 5) is 21.8. The molecule has 0 saturated carbocycles. The smallest absolute Gasteiger partial charge is 0.286 e. The molecule has 12 heteroatoms. The van der Waals surface area contributed by atoms with Crippen LogP contribution in [0.15, 0.2) is 47.5 Å². The molecule has 1 aliphatic rings. The Bertz CT molecular complexity index is 1570. The van der Waals surface area contributed by atoms with Crippen LogP contribution in [0.1, 0.15) is 28.2 Å². The number of nitrogens with zero attached hydrogens (tertiary/aromatic N) is 4. The predicted molar refractivity (Wildman–Crippen MR) is 153 cm³/mol. The van der Waals surface area contributed by atoms with E-state index < -0.39 is 15.7 Å². The first-order valence-corrected chi connectivity index (χ1v) is 14.6. The zero-order chi connectivity index (χ0) is 27.3. The molecule has 0 aliphatic carbocycles. The largest absolute Gasteiger partial charge is 0.296 e. The van der Waals surface area contributed by atoms with E-state index in [9.17, 15) is 13.2 Å². The Kier molecular flexibility index (Phi) is 9.00. The molecule has 196 valence electrons. The molecular formula is C26H23Cl2N5O3S2. The monoisotopic (exact) mass is 587 g/mol. The summed E-state index contributed by atoms with van der Waals surface area (Å²) in [6.45, 7) is 2.72. The van der Waals surface area contributed by atoms with Crippen molar-refractivity contribution < 1.29 is 13.2 Å². The fraction of sp³-hybridized carbons (Fsp3) is 0.269. The third-order valence-electron chi connectivity index (χ3n) is 5.87.